The lowest BCUT2D eigenvalue weighted by Gasteiger charge is -2.33. The maximum atomic E-state index is 13.4. The predicted molar refractivity (Wildman–Crippen MR) is 118 cm³/mol. The highest BCUT2D eigenvalue weighted by Gasteiger charge is 2.38. The molecule has 1 aromatic rings. The number of carbonyl (C=O) groups excluding carboxylic acids is 3. The van der Waals surface area contributed by atoms with Gasteiger partial charge in [0, 0.05) is 18.7 Å². The zero-order valence-electron chi connectivity index (χ0n) is 19.9. The number of nitrogens with one attached hydrogen (secondary N) is 2. The zero-order chi connectivity index (χ0) is 24.2. The van der Waals surface area contributed by atoms with Crippen molar-refractivity contribution in [2.75, 3.05) is 18.4 Å². The Hall–Kier alpha value is -3.22. The van der Waals surface area contributed by atoms with Crippen LogP contribution in [0.25, 0.3) is 0 Å². The molecule has 0 aliphatic carbocycles. The third kappa shape index (κ3) is 5.72. The highest BCUT2D eigenvalue weighted by Crippen LogP contribution is 2.26. The standard InChI is InChI=1S/C22H33N5O5/c1-8-13(2)17(24-21(30)32-22(5,6)7)19(28)26-10-9-11-27(26)20(29)25-18-16(12-23)14(3)15(4)31-18/h13,17H,8-11H2,1-7H3,(H,24,30)(H,25,29). The Labute approximate surface area is 188 Å². The lowest BCUT2D eigenvalue weighted by atomic mass is 9.98. The highest BCUT2D eigenvalue weighted by molar-refractivity contribution is 5.93. The molecule has 4 amide bonds. The second kappa shape index (κ2) is 9.94. The van der Waals surface area contributed by atoms with E-state index in [1.54, 1.807) is 34.6 Å². The molecule has 1 fully saturated rings. The average Bonchev–Trinajstić information content (AvgIpc) is 3.29. The predicted octanol–water partition coefficient (Wildman–Crippen LogP) is 3.69. The largest absolute Gasteiger partial charge is 0.444 e. The number of hydrogen-bond acceptors (Lipinski definition) is 6. The van der Waals surface area contributed by atoms with Crippen molar-refractivity contribution < 1.29 is 23.5 Å². The zero-order valence-corrected chi connectivity index (χ0v) is 19.9. The van der Waals surface area contributed by atoms with E-state index in [4.69, 9.17) is 9.15 Å². The highest BCUT2D eigenvalue weighted by atomic mass is 16.6. The summed E-state index contributed by atoms with van der Waals surface area (Å²) in [7, 11) is 0. The van der Waals surface area contributed by atoms with Crippen LogP contribution in [0.3, 0.4) is 0 Å². The first kappa shape index (κ1) is 25.0. The molecule has 0 bridgehead atoms. The number of nitrogens with zero attached hydrogens (tertiary/aromatic N) is 3. The first-order valence-corrected chi connectivity index (χ1v) is 10.8. The molecule has 32 heavy (non-hydrogen) atoms. The molecular weight excluding hydrogens is 414 g/mol. The summed E-state index contributed by atoms with van der Waals surface area (Å²) < 4.78 is 10.8. The van der Waals surface area contributed by atoms with Crippen LogP contribution >= 0.6 is 0 Å². The van der Waals surface area contributed by atoms with Crippen LogP contribution in [0.15, 0.2) is 4.42 Å². The second-order valence-electron chi connectivity index (χ2n) is 8.98. The summed E-state index contributed by atoms with van der Waals surface area (Å²) in [5.74, 6) is 0.00743. The van der Waals surface area contributed by atoms with Crippen LogP contribution in [0.1, 0.15) is 64.3 Å². The number of rotatable bonds is 5. The van der Waals surface area contributed by atoms with E-state index in [9.17, 15) is 19.6 Å². The molecule has 2 rings (SSSR count). The normalized spacial score (nSPS) is 15.7. The van der Waals surface area contributed by atoms with E-state index < -0.39 is 29.7 Å². The van der Waals surface area contributed by atoms with Gasteiger partial charge in [0.25, 0.3) is 5.91 Å². The molecule has 0 spiro atoms. The SMILES string of the molecule is CCC(C)C(NC(=O)OC(C)(C)C)C(=O)N1CCCN1C(=O)Nc1oc(C)c(C)c1C#N. The number of ether oxygens (including phenoxy) is 1. The van der Waals surface area contributed by atoms with E-state index in [-0.39, 0.29) is 17.4 Å². The van der Waals surface area contributed by atoms with Gasteiger partial charge in [0.15, 0.2) is 0 Å². The van der Waals surface area contributed by atoms with Gasteiger partial charge in [-0.25, -0.2) is 19.6 Å². The molecule has 0 aromatic carbocycles. The third-order valence-electron chi connectivity index (χ3n) is 5.39. The summed E-state index contributed by atoms with van der Waals surface area (Å²) in [5.41, 5.74) is 0.192. The molecule has 1 aliphatic rings. The van der Waals surface area contributed by atoms with Crippen LogP contribution in [0.2, 0.25) is 0 Å². The van der Waals surface area contributed by atoms with Crippen molar-refractivity contribution in [1.82, 2.24) is 15.3 Å². The smallest absolute Gasteiger partial charge is 0.408 e. The first-order chi connectivity index (χ1) is 14.9. The molecule has 2 atom stereocenters. The average molecular weight is 448 g/mol. The van der Waals surface area contributed by atoms with Crippen molar-refractivity contribution >= 4 is 23.9 Å². The fourth-order valence-electron chi connectivity index (χ4n) is 3.34. The van der Waals surface area contributed by atoms with E-state index in [0.29, 0.717) is 37.3 Å². The Bertz CT molecular complexity index is 911. The van der Waals surface area contributed by atoms with Crippen molar-refractivity contribution in [3.8, 4) is 6.07 Å². The van der Waals surface area contributed by atoms with Crippen LogP contribution < -0.4 is 10.6 Å². The van der Waals surface area contributed by atoms with Gasteiger partial charge in [0.05, 0.1) is 0 Å². The minimum Gasteiger partial charge on any atom is -0.444 e. The fraction of sp³-hybridized carbons (Fsp3) is 0.636. The van der Waals surface area contributed by atoms with Crippen molar-refractivity contribution in [3.63, 3.8) is 0 Å². The van der Waals surface area contributed by atoms with Crippen LogP contribution in [0, 0.1) is 31.1 Å². The Morgan fingerprint density at radius 1 is 1.22 bits per heavy atom. The van der Waals surface area contributed by atoms with Gasteiger partial charge in [-0.2, -0.15) is 5.26 Å². The minimum atomic E-state index is -0.856. The molecule has 0 saturated carbocycles. The Morgan fingerprint density at radius 2 is 1.84 bits per heavy atom. The number of carbonyl (C=O) groups is 3. The minimum absolute atomic E-state index is 0.0529. The number of amides is 4. The van der Waals surface area contributed by atoms with Crippen LogP contribution in [-0.4, -0.2) is 52.8 Å². The summed E-state index contributed by atoms with van der Waals surface area (Å²) in [4.78, 5) is 38.6. The molecule has 2 unspecified atom stereocenters. The van der Waals surface area contributed by atoms with Gasteiger partial charge in [-0.3, -0.25) is 10.1 Å². The van der Waals surface area contributed by atoms with Gasteiger partial charge >= 0.3 is 12.1 Å². The Balaban J connectivity index is 2.19. The summed E-state index contributed by atoms with van der Waals surface area (Å²) in [6, 6.07) is 0.589. The molecule has 2 heterocycles. The van der Waals surface area contributed by atoms with E-state index in [1.165, 1.54) is 10.0 Å². The summed E-state index contributed by atoms with van der Waals surface area (Å²) in [5, 5.41) is 17.2. The number of alkyl carbamates (subject to hydrolysis) is 1. The maximum Gasteiger partial charge on any atom is 0.408 e. The topological polar surface area (TPSA) is 128 Å². The maximum absolute atomic E-state index is 13.4. The summed E-state index contributed by atoms with van der Waals surface area (Å²) >= 11 is 0. The van der Waals surface area contributed by atoms with Crippen molar-refractivity contribution in [3.05, 3.63) is 16.9 Å². The lowest BCUT2D eigenvalue weighted by Crippen LogP contribution is -2.56. The van der Waals surface area contributed by atoms with E-state index in [1.807, 2.05) is 19.9 Å². The second-order valence-corrected chi connectivity index (χ2v) is 8.98. The quantitative estimate of drug-likeness (QED) is 0.708. The van der Waals surface area contributed by atoms with Crippen LogP contribution in [-0.2, 0) is 9.53 Å². The lowest BCUT2D eigenvalue weighted by molar-refractivity contribution is -0.143. The van der Waals surface area contributed by atoms with Gasteiger partial charge in [0.1, 0.15) is 29.0 Å². The molecule has 1 saturated heterocycles. The number of hydrogen-bond donors (Lipinski definition) is 2. The molecule has 1 aromatic heterocycles. The Kier molecular flexibility index (Phi) is 7.78. The van der Waals surface area contributed by atoms with Crippen molar-refractivity contribution in [1.29, 1.82) is 5.26 Å². The van der Waals surface area contributed by atoms with Gasteiger partial charge in [-0.15, -0.1) is 0 Å². The fourth-order valence-corrected chi connectivity index (χ4v) is 3.34. The van der Waals surface area contributed by atoms with E-state index in [2.05, 4.69) is 10.6 Å². The molecule has 10 heteroatoms. The van der Waals surface area contributed by atoms with Gasteiger partial charge in [-0.1, -0.05) is 20.3 Å². The molecule has 2 N–H and O–H groups in total. The number of hydrazine groups is 1. The van der Waals surface area contributed by atoms with Gasteiger partial charge in [0.2, 0.25) is 5.88 Å². The molecule has 1 aliphatic heterocycles. The van der Waals surface area contributed by atoms with Crippen molar-refractivity contribution in [2.24, 2.45) is 5.92 Å². The third-order valence-corrected chi connectivity index (χ3v) is 5.39. The van der Waals surface area contributed by atoms with Gasteiger partial charge in [-0.05, 0) is 47.0 Å². The van der Waals surface area contributed by atoms with E-state index >= 15 is 0 Å². The number of nitriles is 1. The summed E-state index contributed by atoms with van der Waals surface area (Å²) in [6.45, 7) is 13.1. The van der Waals surface area contributed by atoms with Gasteiger partial charge < -0.3 is 14.5 Å². The van der Waals surface area contributed by atoms with Crippen LogP contribution in [0.5, 0.6) is 0 Å². The summed E-state index contributed by atoms with van der Waals surface area (Å²) in [6.07, 6.45) is 0.537. The van der Waals surface area contributed by atoms with E-state index in [0.717, 1.165) is 0 Å². The molecule has 176 valence electrons. The molecule has 10 nitrogen and oxygen atoms in total. The monoisotopic (exact) mass is 447 g/mol. The number of aryl methyl sites for hydroxylation is 1. The molecule has 0 radical (unpaired) electrons. The van der Waals surface area contributed by atoms with Crippen LogP contribution in [0.4, 0.5) is 15.5 Å². The van der Waals surface area contributed by atoms with Crippen molar-refractivity contribution in [2.45, 2.75) is 73.0 Å². The number of furan rings is 1. The number of anilines is 1. The first-order valence-electron chi connectivity index (χ1n) is 10.8. The molecular formula is C22H33N5O5. The Morgan fingerprint density at radius 3 is 2.41 bits per heavy atom. The number of urea groups is 1.